The number of aromatic nitrogens is 1. The van der Waals surface area contributed by atoms with Crippen molar-refractivity contribution in [3.8, 4) is 0 Å². The quantitative estimate of drug-likeness (QED) is 0.677. The molecule has 1 aromatic carbocycles. The molecule has 1 heterocycles. The Morgan fingerprint density at radius 1 is 1.28 bits per heavy atom. The van der Waals surface area contributed by atoms with E-state index in [1.807, 2.05) is 12.1 Å². The Kier molecular flexibility index (Phi) is 3.91. The maximum Gasteiger partial charge on any atom is 0.269 e. The van der Waals surface area contributed by atoms with Crippen LogP contribution in [0.4, 0.5) is 5.69 Å². The first kappa shape index (κ1) is 12.5. The molecule has 0 aliphatic heterocycles. The van der Waals surface area contributed by atoms with Gasteiger partial charge >= 0.3 is 0 Å². The predicted molar refractivity (Wildman–Crippen MR) is 67.4 cm³/mol. The molecule has 0 amide bonds. The van der Waals surface area contributed by atoms with Crippen LogP contribution in [-0.2, 0) is 6.61 Å². The Hall–Kier alpha value is -1.92. The van der Waals surface area contributed by atoms with Crippen molar-refractivity contribution in [2.24, 2.45) is 0 Å². The minimum Gasteiger partial charge on any atom is -0.392 e. The second-order valence-corrected chi connectivity index (χ2v) is 4.61. The molecule has 0 spiro atoms. The van der Waals surface area contributed by atoms with E-state index in [1.54, 1.807) is 18.5 Å². The number of nitro groups is 1. The summed E-state index contributed by atoms with van der Waals surface area (Å²) < 4.78 is 0. The first-order chi connectivity index (χ1) is 8.70. The Labute approximate surface area is 108 Å². The molecule has 0 bridgehead atoms. The molecule has 5 nitrogen and oxygen atoms in total. The van der Waals surface area contributed by atoms with Gasteiger partial charge in [-0.1, -0.05) is 11.8 Å². The second kappa shape index (κ2) is 5.61. The zero-order valence-electron chi connectivity index (χ0n) is 9.31. The first-order valence-corrected chi connectivity index (χ1v) is 5.98. The molecular formula is C12H10N2O3S. The van der Waals surface area contributed by atoms with Gasteiger partial charge in [0.05, 0.1) is 11.5 Å². The Morgan fingerprint density at radius 3 is 2.61 bits per heavy atom. The third-order valence-corrected chi connectivity index (χ3v) is 3.43. The third-order valence-electron chi connectivity index (χ3n) is 2.30. The summed E-state index contributed by atoms with van der Waals surface area (Å²) in [6.07, 6.45) is 3.35. The van der Waals surface area contributed by atoms with Crippen molar-refractivity contribution < 1.29 is 10.0 Å². The molecular weight excluding hydrogens is 252 g/mol. The van der Waals surface area contributed by atoms with Crippen LogP contribution in [-0.4, -0.2) is 15.0 Å². The van der Waals surface area contributed by atoms with Gasteiger partial charge < -0.3 is 5.11 Å². The number of hydrogen-bond acceptors (Lipinski definition) is 5. The number of nitro benzene ring substituents is 1. The van der Waals surface area contributed by atoms with Gasteiger partial charge in [0.15, 0.2) is 0 Å². The maximum absolute atomic E-state index is 10.6. The fourth-order valence-corrected chi connectivity index (χ4v) is 2.34. The van der Waals surface area contributed by atoms with Gasteiger partial charge in [-0.05, 0) is 23.8 Å². The van der Waals surface area contributed by atoms with Gasteiger partial charge in [0.2, 0.25) is 0 Å². The van der Waals surface area contributed by atoms with E-state index in [-0.39, 0.29) is 12.3 Å². The molecule has 1 aromatic heterocycles. The fourth-order valence-electron chi connectivity index (χ4n) is 1.44. The van der Waals surface area contributed by atoms with Crippen molar-refractivity contribution in [2.75, 3.05) is 0 Å². The Bertz CT molecular complexity index is 561. The topological polar surface area (TPSA) is 76.3 Å². The van der Waals surface area contributed by atoms with Crippen molar-refractivity contribution in [2.45, 2.75) is 16.4 Å². The molecule has 0 saturated carbocycles. The van der Waals surface area contributed by atoms with Crippen LogP contribution in [0.5, 0.6) is 0 Å². The molecule has 0 saturated heterocycles. The van der Waals surface area contributed by atoms with Crippen molar-refractivity contribution in [3.63, 3.8) is 0 Å². The third kappa shape index (κ3) is 2.85. The summed E-state index contributed by atoms with van der Waals surface area (Å²) in [7, 11) is 0. The SMILES string of the molecule is O=[N+]([O-])c1ccc(Sc2ccncc2)c(CO)c1. The summed E-state index contributed by atoms with van der Waals surface area (Å²) in [4.78, 5) is 15.9. The molecule has 92 valence electrons. The second-order valence-electron chi connectivity index (χ2n) is 3.49. The summed E-state index contributed by atoms with van der Waals surface area (Å²) in [5.74, 6) is 0. The summed E-state index contributed by atoms with van der Waals surface area (Å²) in [6.45, 7) is -0.227. The average Bonchev–Trinajstić information content (AvgIpc) is 2.40. The number of hydrogen-bond donors (Lipinski definition) is 1. The number of non-ortho nitro benzene ring substituents is 1. The highest BCUT2D eigenvalue weighted by Crippen LogP contribution is 2.32. The van der Waals surface area contributed by atoms with Gasteiger partial charge in [-0.3, -0.25) is 15.1 Å². The normalized spacial score (nSPS) is 10.3. The maximum atomic E-state index is 10.6. The number of nitrogens with zero attached hydrogens (tertiary/aromatic N) is 2. The van der Waals surface area contributed by atoms with Gasteiger partial charge in [-0.15, -0.1) is 0 Å². The highest BCUT2D eigenvalue weighted by atomic mass is 32.2. The minimum atomic E-state index is -0.472. The highest BCUT2D eigenvalue weighted by Gasteiger charge is 2.11. The molecule has 2 aromatic rings. The van der Waals surface area contributed by atoms with Gasteiger partial charge in [-0.25, -0.2) is 0 Å². The van der Waals surface area contributed by atoms with Gasteiger partial charge in [0.25, 0.3) is 5.69 Å². The number of pyridine rings is 1. The standard InChI is InChI=1S/C12H10N2O3S/c15-8-9-7-10(14(16)17)1-2-12(9)18-11-3-5-13-6-4-11/h1-7,15H,8H2. The van der Waals surface area contributed by atoms with E-state index in [9.17, 15) is 15.2 Å². The van der Waals surface area contributed by atoms with Crippen LogP contribution in [0.1, 0.15) is 5.56 Å². The molecule has 1 N–H and O–H groups in total. The smallest absolute Gasteiger partial charge is 0.269 e. The highest BCUT2D eigenvalue weighted by molar-refractivity contribution is 7.99. The molecule has 0 aliphatic rings. The molecule has 0 atom stereocenters. The van der Waals surface area contributed by atoms with Crippen molar-refractivity contribution in [1.82, 2.24) is 4.98 Å². The van der Waals surface area contributed by atoms with Gasteiger partial charge in [0, 0.05) is 34.3 Å². The van der Waals surface area contributed by atoms with Crippen LogP contribution in [0.25, 0.3) is 0 Å². The molecule has 6 heteroatoms. The van der Waals surface area contributed by atoms with Crippen LogP contribution in [0.3, 0.4) is 0 Å². The molecule has 0 aliphatic carbocycles. The summed E-state index contributed by atoms with van der Waals surface area (Å²) in [5.41, 5.74) is 0.532. The van der Waals surface area contributed by atoms with Crippen LogP contribution >= 0.6 is 11.8 Å². The number of aliphatic hydroxyl groups is 1. The first-order valence-electron chi connectivity index (χ1n) is 5.17. The Balaban J connectivity index is 2.31. The van der Waals surface area contributed by atoms with Crippen LogP contribution in [0.2, 0.25) is 0 Å². The van der Waals surface area contributed by atoms with Crippen LogP contribution in [0.15, 0.2) is 52.5 Å². The monoisotopic (exact) mass is 262 g/mol. The van der Waals surface area contributed by atoms with E-state index in [1.165, 1.54) is 23.9 Å². The van der Waals surface area contributed by atoms with Gasteiger partial charge in [-0.2, -0.15) is 0 Å². The summed E-state index contributed by atoms with van der Waals surface area (Å²) >= 11 is 1.44. The van der Waals surface area contributed by atoms with Crippen molar-refractivity contribution >= 4 is 17.4 Å². The molecule has 0 radical (unpaired) electrons. The zero-order valence-corrected chi connectivity index (χ0v) is 10.1. The van der Waals surface area contributed by atoms with Crippen molar-refractivity contribution in [3.05, 3.63) is 58.4 Å². The van der Waals surface area contributed by atoms with Gasteiger partial charge in [0.1, 0.15) is 0 Å². The van der Waals surface area contributed by atoms with E-state index in [0.717, 1.165) is 9.79 Å². The lowest BCUT2D eigenvalue weighted by Gasteiger charge is -2.06. The van der Waals surface area contributed by atoms with Crippen molar-refractivity contribution in [1.29, 1.82) is 0 Å². The lowest BCUT2D eigenvalue weighted by molar-refractivity contribution is -0.385. The number of benzene rings is 1. The fraction of sp³-hybridized carbons (Fsp3) is 0.0833. The predicted octanol–water partition coefficient (Wildman–Crippen LogP) is 2.63. The minimum absolute atomic E-state index is 0.0156. The lowest BCUT2D eigenvalue weighted by atomic mass is 10.2. The van der Waals surface area contributed by atoms with E-state index >= 15 is 0 Å². The molecule has 0 unspecified atom stereocenters. The largest absolute Gasteiger partial charge is 0.392 e. The Morgan fingerprint density at radius 2 is 2.00 bits per heavy atom. The van der Waals surface area contributed by atoms with Crippen LogP contribution in [0, 0.1) is 10.1 Å². The number of rotatable bonds is 4. The lowest BCUT2D eigenvalue weighted by Crippen LogP contribution is -1.93. The average molecular weight is 262 g/mol. The van der Waals surface area contributed by atoms with E-state index in [0.29, 0.717) is 5.56 Å². The van der Waals surface area contributed by atoms with Crippen LogP contribution < -0.4 is 0 Å². The summed E-state index contributed by atoms with van der Waals surface area (Å²) in [5, 5.41) is 19.9. The van der Waals surface area contributed by atoms with E-state index in [4.69, 9.17) is 0 Å². The molecule has 0 fully saturated rings. The van der Waals surface area contributed by atoms with E-state index < -0.39 is 4.92 Å². The molecule has 18 heavy (non-hydrogen) atoms. The van der Waals surface area contributed by atoms with E-state index in [2.05, 4.69) is 4.98 Å². The molecule has 2 rings (SSSR count). The number of aliphatic hydroxyl groups excluding tert-OH is 1. The zero-order chi connectivity index (χ0) is 13.0. The summed E-state index contributed by atoms with van der Waals surface area (Å²) in [6, 6.07) is 8.15.